The van der Waals surface area contributed by atoms with Crippen LogP contribution in [0.1, 0.15) is 5.56 Å². The highest BCUT2D eigenvalue weighted by Crippen LogP contribution is 2.32. The van der Waals surface area contributed by atoms with Crippen LogP contribution in [0.4, 0.5) is 11.4 Å². The highest BCUT2D eigenvalue weighted by atomic mass is 16.5. The van der Waals surface area contributed by atoms with E-state index in [4.69, 9.17) is 14.5 Å². The number of pyridine rings is 1. The molecule has 0 fully saturated rings. The van der Waals surface area contributed by atoms with Crippen molar-refractivity contribution in [1.29, 1.82) is 0 Å². The maximum absolute atomic E-state index is 10.5. The zero-order valence-corrected chi connectivity index (χ0v) is 18.4. The van der Waals surface area contributed by atoms with Gasteiger partial charge in [0.05, 0.1) is 49.3 Å². The maximum Gasteiger partial charge on any atom is 0.121 e. The van der Waals surface area contributed by atoms with Crippen LogP contribution in [-0.4, -0.2) is 53.5 Å². The van der Waals surface area contributed by atoms with E-state index in [0.717, 1.165) is 45.0 Å². The van der Waals surface area contributed by atoms with Gasteiger partial charge in [0.2, 0.25) is 0 Å². The second-order valence-electron chi connectivity index (χ2n) is 7.60. The molecule has 0 spiro atoms. The van der Waals surface area contributed by atoms with Gasteiger partial charge in [-0.2, -0.15) is 0 Å². The highest BCUT2D eigenvalue weighted by Gasteiger charge is 2.17. The third kappa shape index (κ3) is 4.85. The molecule has 0 aliphatic heterocycles. The van der Waals surface area contributed by atoms with Gasteiger partial charge in [0.1, 0.15) is 5.75 Å². The number of anilines is 2. The average molecular weight is 431 g/mol. The molecule has 4 rings (SSSR count). The highest BCUT2D eigenvalue weighted by molar-refractivity contribution is 5.82. The summed E-state index contributed by atoms with van der Waals surface area (Å²) in [6.07, 6.45) is 4.58. The largest absolute Gasteiger partial charge is 0.497 e. The Labute approximate surface area is 187 Å². The lowest BCUT2D eigenvalue weighted by Gasteiger charge is -2.28. The fourth-order valence-corrected chi connectivity index (χ4v) is 3.64. The first-order chi connectivity index (χ1) is 15.6. The molecule has 164 valence electrons. The van der Waals surface area contributed by atoms with E-state index in [1.807, 2.05) is 54.3 Å². The Kier molecular flexibility index (Phi) is 6.58. The van der Waals surface area contributed by atoms with Gasteiger partial charge in [-0.3, -0.25) is 9.97 Å². The summed E-state index contributed by atoms with van der Waals surface area (Å²) in [7, 11) is 3.23. The van der Waals surface area contributed by atoms with Crippen molar-refractivity contribution in [2.75, 3.05) is 32.3 Å². The fourth-order valence-electron chi connectivity index (χ4n) is 3.64. The fraction of sp³-hybridized carbons (Fsp3) is 0.240. The van der Waals surface area contributed by atoms with Gasteiger partial charge in [0.25, 0.3) is 0 Å². The summed E-state index contributed by atoms with van der Waals surface area (Å²) in [5, 5.41) is 10.5. The first-order valence-electron chi connectivity index (χ1n) is 10.3. The van der Waals surface area contributed by atoms with Gasteiger partial charge in [0, 0.05) is 42.5 Å². The van der Waals surface area contributed by atoms with Crippen molar-refractivity contribution in [1.82, 2.24) is 15.0 Å². The number of rotatable bonds is 8. The molecular weight excluding hydrogens is 404 g/mol. The van der Waals surface area contributed by atoms with Crippen LogP contribution in [0.2, 0.25) is 0 Å². The SMILES string of the molecule is COCC(O)CN(c1cc(C)cc(OC)c1)c1ccc2ncc(-c3cccnc3)nc2c1. The second-order valence-corrected chi connectivity index (χ2v) is 7.60. The number of aryl methyl sites for hydroxylation is 1. The van der Waals surface area contributed by atoms with E-state index in [9.17, 15) is 5.11 Å². The first-order valence-corrected chi connectivity index (χ1v) is 10.3. The molecule has 0 bridgehead atoms. The molecule has 7 heteroatoms. The lowest BCUT2D eigenvalue weighted by molar-refractivity contribution is 0.0702. The molecule has 0 amide bonds. The lowest BCUT2D eigenvalue weighted by atomic mass is 10.1. The van der Waals surface area contributed by atoms with E-state index in [0.29, 0.717) is 6.54 Å². The Hall–Kier alpha value is -3.55. The number of hydrogen-bond donors (Lipinski definition) is 1. The molecule has 2 heterocycles. The molecule has 2 aromatic carbocycles. The predicted molar refractivity (Wildman–Crippen MR) is 125 cm³/mol. The molecule has 32 heavy (non-hydrogen) atoms. The predicted octanol–water partition coefficient (Wildman–Crippen LogP) is 4.15. The topological polar surface area (TPSA) is 80.6 Å². The van der Waals surface area contributed by atoms with Crippen LogP contribution in [0.5, 0.6) is 5.75 Å². The van der Waals surface area contributed by atoms with Crippen molar-refractivity contribution in [2.45, 2.75) is 13.0 Å². The number of benzene rings is 2. The quantitative estimate of drug-likeness (QED) is 0.450. The molecule has 1 unspecified atom stereocenters. The Bertz CT molecular complexity index is 1200. The number of methoxy groups -OCH3 is 2. The van der Waals surface area contributed by atoms with E-state index in [2.05, 4.69) is 16.0 Å². The number of aliphatic hydroxyl groups is 1. The van der Waals surface area contributed by atoms with Crippen molar-refractivity contribution < 1.29 is 14.6 Å². The van der Waals surface area contributed by atoms with E-state index in [-0.39, 0.29) is 6.61 Å². The number of aliphatic hydroxyl groups excluding tert-OH is 1. The van der Waals surface area contributed by atoms with Crippen molar-refractivity contribution in [2.24, 2.45) is 0 Å². The molecule has 1 atom stereocenters. The Morgan fingerprint density at radius 2 is 1.88 bits per heavy atom. The smallest absolute Gasteiger partial charge is 0.121 e. The van der Waals surface area contributed by atoms with E-state index >= 15 is 0 Å². The molecule has 0 saturated heterocycles. The minimum absolute atomic E-state index is 0.234. The summed E-state index contributed by atoms with van der Waals surface area (Å²) >= 11 is 0. The van der Waals surface area contributed by atoms with Crippen LogP contribution in [0.25, 0.3) is 22.3 Å². The maximum atomic E-state index is 10.5. The molecule has 7 nitrogen and oxygen atoms in total. The van der Waals surface area contributed by atoms with Gasteiger partial charge in [-0.25, -0.2) is 4.98 Å². The van der Waals surface area contributed by atoms with Crippen LogP contribution in [0, 0.1) is 6.92 Å². The van der Waals surface area contributed by atoms with Crippen LogP contribution in [0.15, 0.2) is 67.1 Å². The molecule has 2 aromatic heterocycles. The van der Waals surface area contributed by atoms with Crippen LogP contribution in [0.3, 0.4) is 0 Å². The molecule has 4 aromatic rings. The third-order valence-electron chi connectivity index (χ3n) is 5.13. The van der Waals surface area contributed by atoms with Gasteiger partial charge >= 0.3 is 0 Å². The normalized spacial score (nSPS) is 12.0. The van der Waals surface area contributed by atoms with E-state index in [1.165, 1.54) is 0 Å². The molecule has 0 saturated carbocycles. The van der Waals surface area contributed by atoms with Crippen molar-refractivity contribution in [3.05, 3.63) is 72.7 Å². The summed E-state index contributed by atoms with van der Waals surface area (Å²) in [5.74, 6) is 0.755. The second kappa shape index (κ2) is 9.72. The van der Waals surface area contributed by atoms with Gasteiger partial charge in [-0.15, -0.1) is 0 Å². The Morgan fingerprint density at radius 1 is 1.00 bits per heavy atom. The van der Waals surface area contributed by atoms with Crippen LogP contribution in [-0.2, 0) is 4.74 Å². The lowest BCUT2D eigenvalue weighted by Crippen LogP contribution is -2.31. The van der Waals surface area contributed by atoms with E-state index < -0.39 is 6.10 Å². The number of ether oxygens (including phenoxy) is 2. The minimum Gasteiger partial charge on any atom is -0.497 e. The van der Waals surface area contributed by atoms with Gasteiger partial charge in [-0.1, -0.05) is 0 Å². The molecular formula is C25H26N4O3. The summed E-state index contributed by atoms with van der Waals surface area (Å²) in [6.45, 7) is 2.60. The summed E-state index contributed by atoms with van der Waals surface area (Å²) in [4.78, 5) is 15.6. The summed E-state index contributed by atoms with van der Waals surface area (Å²) in [5.41, 5.74) is 6.07. The summed E-state index contributed by atoms with van der Waals surface area (Å²) in [6, 6.07) is 15.7. The molecule has 1 N–H and O–H groups in total. The van der Waals surface area contributed by atoms with Crippen LogP contribution >= 0.6 is 0 Å². The number of nitrogens with zero attached hydrogens (tertiary/aromatic N) is 4. The standard InChI is InChI=1S/C25H26N4O3/c1-17-9-20(11-22(10-17)32-3)29(15-21(30)16-31-2)19-6-7-23-24(12-19)28-25(14-27-23)18-5-4-8-26-13-18/h4-14,21,30H,15-16H2,1-3H3. The Morgan fingerprint density at radius 3 is 2.62 bits per heavy atom. The molecule has 0 aliphatic rings. The zero-order chi connectivity index (χ0) is 22.5. The van der Waals surface area contributed by atoms with Crippen LogP contribution < -0.4 is 9.64 Å². The Balaban J connectivity index is 1.78. The van der Waals surface area contributed by atoms with E-state index in [1.54, 1.807) is 32.8 Å². The average Bonchev–Trinajstić information content (AvgIpc) is 2.82. The first kappa shape index (κ1) is 21.7. The van der Waals surface area contributed by atoms with Gasteiger partial charge in [-0.05, 0) is 55.0 Å². The van der Waals surface area contributed by atoms with Gasteiger partial charge in [0.15, 0.2) is 0 Å². The zero-order valence-electron chi connectivity index (χ0n) is 18.4. The molecule has 0 radical (unpaired) electrons. The van der Waals surface area contributed by atoms with Crippen molar-refractivity contribution >= 4 is 22.4 Å². The minimum atomic E-state index is -0.671. The van der Waals surface area contributed by atoms with Crippen molar-refractivity contribution in [3.8, 4) is 17.0 Å². The monoisotopic (exact) mass is 430 g/mol. The third-order valence-corrected chi connectivity index (χ3v) is 5.13. The number of hydrogen-bond acceptors (Lipinski definition) is 7. The summed E-state index contributed by atoms with van der Waals surface area (Å²) < 4.78 is 10.6. The van der Waals surface area contributed by atoms with Crippen molar-refractivity contribution in [3.63, 3.8) is 0 Å². The number of aromatic nitrogens is 3. The molecule has 0 aliphatic carbocycles. The number of fused-ring (bicyclic) bond motifs is 1. The van der Waals surface area contributed by atoms with Gasteiger partial charge < -0.3 is 19.5 Å².